The lowest BCUT2D eigenvalue weighted by atomic mass is 10.1. The molecule has 0 aliphatic rings. The number of rotatable bonds is 3. The van der Waals surface area contributed by atoms with Gasteiger partial charge in [-0.2, -0.15) is 0 Å². The summed E-state index contributed by atoms with van der Waals surface area (Å²) >= 11 is 0. The first kappa shape index (κ1) is 14.1. The summed E-state index contributed by atoms with van der Waals surface area (Å²) in [6, 6.07) is 5.42. The van der Waals surface area contributed by atoms with Crippen LogP contribution in [0.25, 0.3) is 0 Å². The van der Waals surface area contributed by atoms with Gasteiger partial charge >= 0.3 is 6.03 Å². The van der Waals surface area contributed by atoms with Crippen molar-refractivity contribution in [2.45, 2.75) is 19.8 Å². The Balaban J connectivity index is 2.90. The van der Waals surface area contributed by atoms with E-state index in [1.165, 1.54) is 0 Å². The minimum absolute atomic E-state index is 0.0734. The highest BCUT2D eigenvalue weighted by molar-refractivity contribution is 5.90. The van der Waals surface area contributed by atoms with E-state index in [0.29, 0.717) is 6.42 Å². The van der Waals surface area contributed by atoms with Crippen molar-refractivity contribution in [2.24, 2.45) is 0 Å². The fourth-order valence-corrected chi connectivity index (χ4v) is 1.49. The molecule has 4 heteroatoms. The molecule has 1 aromatic rings. The van der Waals surface area contributed by atoms with Crippen molar-refractivity contribution in [3.63, 3.8) is 0 Å². The first-order valence-corrected chi connectivity index (χ1v) is 5.92. The number of aliphatic hydroxyl groups excluding tert-OH is 1. The Morgan fingerprint density at radius 2 is 2.22 bits per heavy atom. The van der Waals surface area contributed by atoms with Crippen LogP contribution in [0.2, 0.25) is 0 Å². The van der Waals surface area contributed by atoms with Crippen molar-refractivity contribution < 1.29 is 9.90 Å². The van der Waals surface area contributed by atoms with E-state index in [1.807, 2.05) is 25.1 Å². The van der Waals surface area contributed by atoms with E-state index in [0.717, 1.165) is 23.2 Å². The number of anilines is 1. The zero-order chi connectivity index (χ0) is 13.4. The summed E-state index contributed by atoms with van der Waals surface area (Å²) in [5.41, 5.74) is 2.72. The molecule has 3 N–H and O–H groups in total. The molecule has 1 rings (SSSR count). The molecule has 0 heterocycles. The third-order valence-corrected chi connectivity index (χ3v) is 2.43. The lowest BCUT2D eigenvalue weighted by molar-refractivity contribution is 0.254. The van der Waals surface area contributed by atoms with Crippen LogP contribution in [0, 0.1) is 11.8 Å². The van der Waals surface area contributed by atoms with Crippen LogP contribution in [0.15, 0.2) is 18.2 Å². The van der Waals surface area contributed by atoms with Gasteiger partial charge < -0.3 is 15.7 Å². The summed E-state index contributed by atoms with van der Waals surface area (Å²) in [6.07, 6.45) is 1.29. The van der Waals surface area contributed by atoms with Gasteiger partial charge in [0.25, 0.3) is 0 Å². The first-order valence-electron chi connectivity index (χ1n) is 5.92. The molecular weight excluding hydrogens is 228 g/mol. The highest BCUT2D eigenvalue weighted by Crippen LogP contribution is 2.17. The molecule has 0 saturated carbocycles. The topological polar surface area (TPSA) is 61.4 Å². The Hall–Kier alpha value is -1.99. The smallest absolute Gasteiger partial charge is 0.318 e. The zero-order valence-corrected chi connectivity index (χ0v) is 10.7. The fourth-order valence-electron chi connectivity index (χ4n) is 1.49. The van der Waals surface area contributed by atoms with E-state index < -0.39 is 0 Å². The Bertz CT molecular complexity index is 472. The maximum absolute atomic E-state index is 11.3. The molecule has 18 heavy (non-hydrogen) atoms. The quantitative estimate of drug-likeness (QED) is 0.711. The largest absolute Gasteiger partial charge is 0.395 e. The minimum Gasteiger partial charge on any atom is -0.395 e. The molecule has 0 unspecified atom stereocenters. The molecule has 1 aromatic carbocycles. The van der Waals surface area contributed by atoms with Gasteiger partial charge in [-0.3, -0.25) is 0 Å². The number of aryl methyl sites for hydroxylation is 1. The van der Waals surface area contributed by atoms with Gasteiger partial charge in [0.1, 0.15) is 0 Å². The van der Waals surface area contributed by atoms with Crippen molar-refractivity contribution >= 4 is 11.7 Å². The van der Waals surface area contributed by atoms with Crippen LogP contribution in [0.3, 0.4) is 0 Å². The molecule has 0 aliphatic carbocycles. The zero-order valence-electron chi connectivity index (χ0n) is 10.7. The normalized spacial score (nSPS) is 9.28. The monoisotopic (exact) mass is 246 g/mol. The predicted molar refractivity (Wildman–Crippen MR) is 72.5 cm³/mol. The number of nitrogens with one attached hydrogen (secondary N) is 2. The number of hydrogen-bond donors (Lipinski definition) is 3. The van der Waals surface area contributed by atoms with Gasteiger partial charge in [0.15, 0.2) is 0 Å². The van der Waals surface area contributed by atoms with Gasteiger partial charge in [-0.15, -0.1) is 0 Å². The van der Waals surface area contributed by atoms with Gasteiger partial charge in [0.05, 0.1) is 6.61 Å². The van der Waals surface area contributed by atoms with Crippen LogP contribution in [0.5, 0.6) is 0 Å². The number of aliphatic hydroxyl groups is 1. The van der Waals surface area contributed by atoms with Crippen LogP contribution in [0.1, 0.15) is 24.5 Å². The van der Waals surface area contributed by atoms with Crippen LogP contribution < -0.4 is 10.6 Å². The minimum atomic E-state index is -0.233. The molecule has 2 amide bonds. The van der Waals surface area contributed by atoms with E-state index in [9.17, 15) is 4.79 Å². The second-order valence-corrected chi connectivity index (χ2v) is 3.70. The lowest BCUT2D eigenvalue weighted by Crippen LogP contribution is -2.25. The van der Waals surface area contributed by atoms with Crippen LogP contribution in [-0.4, -0.2) is 24.8 Å². The molecule has 96 valence electrons. The van der Waals surface area contributed by atoms with Crippen LogP contribution >= 0.6 is 0 Å². The van der Waals surface area contributed by atoms with Crippen LogP contribution in [0.4, 0.5) is 10.5 Å². The van der Waals surface area contributed by atoms with E-state index in [2.05, 4.69) is 22.5 Å². The van der Waals surface area contributed by atoms with Crippen molar-refractivity contribution in [3.05, 3.63) is 29.3 Å². The second-order valence-electron chi connectivity index (χ2n) is 3.70. The van der Waals surface area contributed by atoms with Gasteiger partial charge in [-0.25, -0.2) is 4.79 Å². The van der Waals surface area contributed by atoms with E-state index in [-0.39, 0.29) is 12.6 Å². The summed E-state index contributed by atoms with van der Waals surface area (Å²) in [6.45, 7) is 2.10. The highest BCUT2D eigenvalue weighted by atomic mass is 16.2. The number of amides is 2. The summed E-state index contributed by atoms with van der Waals surface area (Å²) in [5, 5.41) is 13.9. The van der Waals surface area contributed by atoms with Crippen molar-refractivity contribution in [1.82, 2.24) is 5.32 Å². The summed E-state index contributed by atoms with van der Waals surface area (Å²) < 4.78 is 0. The van der Waals surface area contributed by atoms with Crippen LogP contribution in [-0.2, 0) is 6.42 Å². The van der Waals surface area contributed by atoms with Gasteiger partial charge in [0.2, 0.25) is 0 Å². The lowest BCUT2D eigenvalue weighted by Gasteiger charge is -2.09. The first-order chi connectivity index (χ1) is 8.71. The standard InChI is InChI=1S/C14H18N2O2/c1-3-12-10-11(6-4-5-9-17)7-8-13(12)16-14(18)15-2/h7-8,10,17H,3,5,9H2,1-2H3,(H2,15,16,18). The third kappa shape index (κ3) is 4.11. The van der Waals surface area contributed by atoms with Gasteiger partial charge in [-0.1, -0.05) is 18.8 Å². The average Bonchev–Trinajstić information content (AvgIpc) is 2.40. The number of hydrogen-bond acceptors (Lipinski definition) is 2. The number of benzene rings is 1. The molecule has 4 nitrogen and oxygen atoms in total. The van der Waals surface area contributed by atoms with E-state index >= 15 is 0 Å². The predicted octanol–water partition coefficient (Wildman–Crippen LogP) is 1.73. The van der Waals surface area contributed by atoms with Gasteiger partial charge in [0, 0.05) is 24.7 Å². The van der Waals surface area contributed by atoms with Crippen molar-refractivity contribution in [1.29, 1.82) is 0 Å². The van der Waals surface area contributed by atoms with E-state index in [4.69, 9.17) is 5.11 Å². The Morgan fingerprint density at radius 3 is 2.83 bits per heavy atom. The SMILES string of the molecule is CCc1cc(C#CCCO)ccc1NC(=O)NC. The maximum atomic E-state index is 11.3. The van der Waals surface area contributed by atoms with Crippen molar-refractivity contribution in [2.75, 3.05) is 19.0 Å². The average molecular weight is 246 g/mol. The van der Waals surface area contributed by atoms with Gasteiger partial charge in [-0.05, 0) is 30.2 Å². The molecule has 0 radical (unpaired) electrons. The Morgan fingerprint density at radius 1 is 1.44 bits per heavy atom. The molecule has 0 fully saturated rings. The van der Waals surface area contributed by atoms with E-state index in [1.54, 1.807) is 7.05 Å². The summed E-state index contributed by atoms with van der Waals surface area (Å²) in [7, 11) is 1.58. The fraction of sp³-hybridized carbons (Fsp3) is 0.357. The molecule has 0 spiro atoms. The molecule has 0 aromatic heterocycles. The third-order valence-electron chi connectivity index (χ3n) is 2.43. The molecule has 0 atom stereocenters. The number of urea groups is 1. The Kier molecular flexibility index (Phi) is 5.75. The van der Waals surface area contributed by atoms with Crippen molar-refractivity contribution in [3.8, 4) is 11.8 Å². The molecule has 0 saturated heterocycles. The maximum Gasteiger partial charge on any atom is 0.318 e. The summed E-state index contributed by atoms with van der Waals surface area (Å²) in [4.78, 5) is 11.3. The second kappa shape index (κ2) is 7.36. The molecule has 0 bridgehead atoms. The number of carbonyl (C=O) groups excluding carboxylic acids is 1. The molecule has 0 aliphatic heterocycles. The number of carbonyl (C=O) groups is 1. The highest BCUT2D eigenvalue weighted by Gasteiger charge is 2.04. The summed E-state index contributed by atoms with van der Waals surface area (Å²) in [5.74, 6) is 5.85. The molecular formula is C14H18N2O2. The Labute approximate surface area is 107 Å².